The van der Waals surface area contributed by atoms with Crippen LogP contribution in [0.15, 0.2) is 66.3 Å². The van der Waals surface area contributed by atoms with Crippen molar-refractivity contribution in [1.29, 1.82) is 0 Å². The summed E-state index contributed by atoms with van der Waals surface area (Å²) in [6, 6.07) is 13.8. The van der Waals surface area contributed by atoms with E-state index in [1.807, 2.05) is 6.92 Å². The molecule has 0 atom stereocenters. The van der Waals surface area contributed by atoms with Gasteiger partial charge in [-0.3, -0.25) is 9.59 Å². The number of carbonyl (C=O) groups excluding carboxylic acids is 2. The Balaban J connectivity index is 1.82. The molecule has 0 aromatic heterocycles. The Hall–Kier alpha value is -3.61. The maximum atomic E-state index is 11.9. The van der Waals surface area contributed by atoms with Crippen LogP contribution in [0.4, 0.5) is 5.69 Å². The molecular formula is C20H21N3O4. The van der Waals surface area contributed by atoms with Gasteiger partial charge < -0.3 is 14.8 Å². The van der Waals surface area contributed by atoms with Gasteiger partial charge in [0.25, 0.3) is 0 Å². The number of rotatable bonds is 8. The highest BCUT2D eigenvalue weighted by Gasteiger charge is 2.12. The molecule has 7 heteroatoms. The number of anilines is 1. The van der Waals surface area contributed by atoms with Crippen LogP contribution in [-0.4, -0.2) is 31.2 Å². The Morgan fingerprint density at radius 1 is 1.00 bits per heavy atom. The molecule has 0 fully saturated rings. The summed E-state index contributed by atoms with van der Waals surface area (Å²) in [5.74, 6) is -0.306. The molecule has 0 aliphatic rings. The SMILES string of the molecule is C=CCOc1ccc(NC(=O)C(=O)N/N=C\c2ccc(OCC)cc2)cc1. The summed E-state index contributed by atoms with van der Waals surface area (Å²) in [7, 11) is 0. The monoisotopic (exact) mass is 367 g/mol. The Labute approximate surface area is 157 Å². The number of nitrogens with one attached hydrogen (secondary N) is 2. The van der Waals surface area contributed by atoms with Gasteiger partial charge in [-0.05, 0) is 61.0 Å². The zero-order chi connectivity index (χ0) is 19.5. The van der Waals surface area contributed by atoms with E-state index in [0.717, 1.165) is 11.3 Å². The lowest BCUT2D eigenvalue weighted by molar-refractivity contribution is -0.136. The van der Waals surface area contributed by atoms with Gasteiger partial charge in [0.2, 0.25) is 0 Å². The minimum Gasteiger partial charge on any atom is -0.494 e. The zero-order valence-electron chi connectivity index (χ0n) is 15.0. The van der Waals surface area contributed by atoms with E-state index < -0.39 is 11.8 Å². The second-order valence-electron chi connectivity index (χ2n) is 5.28. The van der Waals surface area contributed by atoms with E-state index in [2.05, 4.69) is 22.4 Å². The summed E-state index contributed by atoms with van der Waals surface area (Å²) < 4.78 is 10.7. The molecule has 0 saturated heterocycles. The number of carbonyl (C=O) groups is 2. The molecule has 0 bridgehead atoms. The number of ether oxygens (including phenoxy) is 2. The van der Waals surface area contributed by atoms with Gasteiger partial charge in [0.15, 0.2) is 0 Å². The van der Waals surface area contributed by atoms with E-state index in [0.29, 0.717) is 24.7 Å². The van der Waals surface area contributed by atoms with Crippen LogP contribution in [0.2, 0.25) is 0 Å². The standard InChI is InChI=1S/C20H21N3O4/c1-3-13-27-18-11-7-16(8-12-18)22-19(24)20(25)23-21-14-15-5-9-17(10-6-15)26-4-2/h3,5-12,14H,1,4,13H2,2H3,(H,22,24)(H,23,25)/b21-14-. The Morgan fingerprint density at radius 2 is 1.63 bits per heavy atom. The number of amides is 2. The van der Waals surface area contributed by atoms with E-state index in [9.17, 15) is 9.59 Å². The molecule has 27 heavy (non-hydrogen) atoms. The largest absolute Gasteiger partial charge is 0.494 e. The Bertz CT molecular complexity index is 799. The highest BCUT2D eigenvalue weighted by Crippen LogP contribution is 2.15. The number of hydrogen-bond donors (Lipinski definition) is 2. The third-order valence-electron chi connectivity index (χ3n) is 3.26. The molecule has 0 radical (unpaired) electrons. The first-order chi connectivity index (χ1) is 13.1. The van der Waals surface area contributed by atoms with Gasteiger partial charge >= 0.3 is 11.8 Å². The topological polar surface area (TPSA) is 89.0 Å². The van der Waals surface area contributed by atoms with E-state index in [-0.39, 0.29) is 0 Å². The highest BCUT2D eigenvalue weighted by atomic mass is 16.5. The molecule has 0 spiro atoms. The van der Waals surface area contributed by atoms with Crippen molar-refractivity contribution in [3.05, 3.63) is 66.7 Å². The highest BCUT2D eigenvalue weighted by molar-refractivity contribution is 6.39. The molecule has 0 aliphatic heterocycles. The third kappa shape index (κ3) is 6.66. The average Bonchev–Trinajstić information content (AvgIpc) is 2.69. The summed E-state index contributed by atoms with van der Waals surface area (Å²) in [5, 5.41) is 6.25. The van der Waals surface area contributed by atoms with E-state index >= 15 is 0 Å². The molecule has 140 valence electrons. The Kier molecular flexibility index (Phi) is 7.59. The summed E-state index contributed by atoms with van der Waals surface area (Å²) in [6.45, 7) is 6.44. The van der Waals surface area contributed by atoms with Gasteiger partial charge in [0.05, 0.1) is 12.8 Å². The van der Waals surface area contributed by atoms with Gasteiger partial charge in [0, 0.05) is 5.69 Å². The maximum Gasteiger partial charge on any atom is 0.329 e. The van der Waals surface area contributed by atoms with E-state index in [1.165, 1.54) is 6.21 Å². The Morgan fingerprint density at radius 3 is 2.26 bits per heavy atom. The number of hydrogen-bond acceptors (Lipinski definition) is 5. The van der Waals surface area contributed by atoms with Gasteiger partial charge in [-0.15, -0.1) is 0 Å². The van der Waals surface area contributed by atoms with Crippen LogP contribution in [0, 0.1) is 0 Å². The lowest BCUT2D eigenvalue weighted by atomic mass is 10.2. The molecule has 2 N–H and O–H groups in total. The van der Waals surface area contributed by atoms with Gasteiger partial charge in [0.1, 0.15) is 18.1 Å². The molecule has 7 nitrogen and oxygen atoms in total. The predicted molar refractivity (Wildman–Crippen MR) is 104 cm³/mol. The summed E-state index contributed by atoms with van der Waals surface area (Å²) in [5.41, 5.74) is 3.41. The van der Waals surface area contributed by atoms with E-state index in [4.69, 9.17) is 9.47 Å². The fourth-order valence-corrected chi connectivity index (χ4v) is 2.01. The lowest BCUT2D eigenvalue weighted by Crippen LogP contribution is -2.32. The number of nitrogens with zero attached hydrogens (tertiary/aromatic N) is 1. The minimum atomic E-state index is -0.871. The van der Waals surface area contributed by atoms with Crippen LogP contribution in [0.25, 0.3) is 0 Å². The molecule has 2 aromatic rings. The van der Waals surface area contributed by atoms with Gasteiger partial charge in [-0.2, -0.15) is 5.10 Å². The lowest BCUT2D eigenvalue weighted by Gasteiger charge is -2.06. The molecule has 0 unspecified atom stereocenters. The maximum absolute atomic E-state index is 11.9. The van der Waals surface area contributed by atoms with Crippen molar-refractivity contribution in [1.82, 2.24) is 5.43 Å². The van der Waals surface area contributed by atoms with Crippen LogP contribution in [0.5, 0.6) is 11.5 Å². The smallest absolute Gasteiger partial charge is 0.329 e. The first kappa shape index (κ1) is 19.7. The molecular weight excluding hydrogens is 346 g/mol. The van der Waals surface area contributed by atoms with Gasteiger partial charge in [-0.1, -0.05) is 12.7 Å². The van der Waals surface area contributed by atoms with Crippen LogP contribution >= 0.6 is 0 Å². The molecule has 0 saturated carbocycles. The number of benzene rings is 2. The zero-order valence-corrected chi connectivity index (χ0v) is 15.0. The molecule has 0 heterocycles. The van der Waals surface area contributed by atoms with Crippen molar-refractivity contribution >= 4 is 23.7 Å². The van der Waals surface area contributed by atoms with Crippen molar-refractivity contribution in [3.63, 3.8) is 0 Å². The van der Waals surface area contributed by atoms with Crippen molar-refractivity contribution < 1.29 is 19.1 Å². The average molecular weight is 367 g/mol. The van der Waals surface area contributed by atoms with Gasteiger partial charge in [-0.25, -0.2) is 5.43 Å². The van der Waals surface area contributed by atoms with Crippen molar-refractivity contribution in [3.8, 4) is 11.5 Å². The fourth-order valence-electron chi connectivity index (χ4n) is 2.01. The van der Waals surface area contributed by atoms with Crippen LogP contribution in [0.3, 0.4) is 0 Å². The summed E-state index contributed by atoms with van der Waals surface area (Å²) >= 11 is 0. The normalized spacial score (nSPS) is 10.3. The second-order valence-corrected chi connectivity index (χ2v) is 5.28. The van der Waals surface area contributed by atoms with Crippen molar-refractivity contribution in [2.24, 2.45) is 5.10 Å². The van der Waals surface area contributed by atoms with Crippen LogP contribution in [-0.2, 0) is 9.59 Å². The summed E-state index contributed by atoms with van der Waals surface area (Å²) in [6.07, 6.45) is 3.07. The first-order valence-electron chi connectivity index (χ1n) is 8.33. The van der Waals surface area contributed by atoms with Crippen molar-refractivity contribution in [2.45, 2.75) is 6.92 Å². The molecule has 2 aromatic carbocycles. The summed E-state index contributed by atoms with van der Waals surface area (Å²) in [4.78, 5) is 23.7. The molecule has 2 rings (SSSR count). The first-order valence-corrected chi connectivity index (χ1v) is 8.33. The predicted octanol–water partition coefficient (Wildman–Crippen LogP) is 2.74. The number of hydrazone groups is 1. The minimum absolute atomic E-state index is 0.389. The van der Waals surface area contributed by atoms with Crippen LogP contribution < -0.4 is 20.2 Å². The van der Waals surface area contributed by atoms with Crippen molar-refractivity contribution in [2.75, 3.05) is 18.5 Å². The fraction of sp³-hybridized carbons (Fsp3) is 0.150. The van der Waals surface area contributed by atoms with E-state index in [1.54, 1.807) is 54.6 Å². The molecule has 0 aliphatic carbocycles. The second kappa shape index (κ2) is 10.4. The molecule has 2 amide bonds. The quantitative estimate of drug-likeness (QED) is 0.325. The third-order valence-corrected chi connectivity index (χ3v) is 3.26. The van der Waals surface area contributed by atoms with Crippen LogP contribution in [0.1, 0.15) is 12.5 Å².